The number of benzene rings is 1. The van der Waals surface area contributed by atoms with Gasteiger partial charge in [0, 0.05) is 0 Å². The summed E-state index contributed by atoms with van der Waals surface area (Å²) in [6, 6.07) is 1.83. The summed E-state index contributed by atoms with van der Waals surface area (Å²) in [6.07, 6.45) is 0.655. The van der Waals surface area contributed by atoms with Gasteiger partial charge in [-0.15, -0.1) is 0 Å². The van der Waals surface area contributed by atoms with Crippen LogP contribution in [0.15, 0.2) is 12.1 Å². The second-order valence-corrected chi connectivity index (χ2v) is 6.32. The van der Waals surface area contributed by atoms with E-state index in [1.807, 2.05) is 6.92 Å². The number of amides is 1. The summed E-state index contributed by atoms with van der Waals surface area (Å²) in [4.78, 5) is 35.8. The maximum atomic E-state index is 12.1. The normalized spacial score (nSPS) is 12.7. The van der Waals surface area contributed by atoms with Gasteiger partial charge in [-0.2, -0.15) is 0 Å². The van der Waals surface area contributed by atoms with E-state index in [2.05, 4.69) is 10.1 Å². The zero-order valence-electron chi connectivity index (χ0n) is 14.9. The Morgan fingerprint density at radius 3 is 2.19 bits per heavy atom. The topological polar surface area (TPSA) is 90.9 Å². The van der Waals surface area contributed by atoms with Crippen LogP contribution in [0.2, 0.25) is 10.0 Å². The molecule has 0 heterocycles. The molecule has 0 saturated carbocycles. The van der Waals surface area contributed by atoms with Crippen molar-refractivity contribution >= 4 is 41.0 Å². The molecule has 1 rings (SSSR count). The van der Waals surface area contributed by atoms with Gasteiger partial charge in [-0.1, -0.05) is 43.5 Å². The molecule has 0 aromatic heterocycles. The summed E-state index contributed by atoms with van der Waals surface area (Å²) >= 11 is 11.9. The van der Waals surface area contributed by atoms with Crippen molar-refractivity contribution in [3.63, 3.8) is 0 Å². The van der Waals surface area contributed by atoms with E-state index < -0.39 is 30.5 Å². The molecular weight excluding hydrogens is 385 g/mol. The lowest BCUT2D eigenvalue weighted by Gasteiger charge is -2.21. The molecule has 0 unspecified atom stereocenters. The average molecular weight is 406 g/mol. The van der Waals surface area contributed by atoms with E-state index in [1.165, 1.54) is 26.4 Å². The van der Waals surface area contributed by atoms with Crippen LogP contribution in [0.4, 0.5) is 0 Å². The summed E-state index contributed by atoms with van der Waals surface area (Å²) in [6.45, 7) is 3.11. The van der Waals surface area contributed by atoms with Crippen LogP contribution in [0, 0.1) is 5.92 Å². The maximum Gasteiger partial charge on any atom is 0.338 e. The largest absolute Gasteiger partial charge is 0.494 e. The minimum Gasteiger partial charge on any atom is -0.494 e. The fourth-order valence-corrected chi connectivity index (χ4v) is 2.74. The van der Waals surface area contributed by atoms with Gasteiger partial charge in [0.25, 0.3) is 5.91 Å². The van der Waals surface area contributed by atoms with Gasteiger partial charge < -0.3 is 19.5 Å². The number of esters is 2. The summed E-state index contributed by atoms with van der Waals surface area (Å²) in [7, 11) is 2.63. The predicted molar refractivity (Wildman–Crippen MR) is 96.7 cm³/mol. The Hall–Kier alpha value is -1.99. The number of nitrogens with one attached hydrogen (secondary N) is 1. The maximum absolute atomic E-state index is 12.1. The predicted octanol–water partition coefficient (Wildman–Crippen LogP) is 2.86. The summed E-state index contributed by atoms with van der Waals surface area (Å²) < 4.78 is 14.6. The first-order valence-electron chi connectivity index (χ1n) is 7.82. The third-order valence-corrected chi connectivity index (χ3v) is 4.32. The molecule has 1 N–H and O–H groups in total. The van der Waals surface area contributed by atoms with Crippen LogP contribution in [0.1, 0.15) is 30.6 Å². The molecule has 0 spiro atoms. The number of carbonyl (C=O) groups is 3. The Morgan fingerprint density at radius 1 is 1.15 bits per heavy atom. The summed E-state index contributed by atoms with van der Waals surface area (Å²) in [5.41, 5.74) is 0.0695. The minimum atomic E-state index is -0.818. The SMILES string of the molecule is CC[C@@H](C)[C@@H](NC(=O)COC(=O)c1cc(Cl)c(OC)c(Cl)c1)C(=O)OC. The van der Waals surface area contributed by atoms with E-state index in [-0.39, 0.29) is 27.3 Å². The second-order valence-electron chi connectivity index (χ2n) is 5.50. The highest BCUT2D eigenvalue weighted by molar-refractivity contribution is 6.37. The molecule has 0 aliphatic carbocycles. The number of hydrogen-bond donors (Lipinski definition) is 1. The number of rotatable bonds is 8. The van der Waals surface area contributed by atoms with Gasteiger partial charge in [0.1, 0.15) is 6.04 Å². The number of ether oxygens (including phenoxy) is 3. The van der Waals surface area contributed by atoms with Crippen molar-refractivity contribution in [1.82, 2.24) is 5.32 Å². The number of halogens is 2. The quantitative estimate of drug-likeness (QED) is 0.668. The van der Waals surface area contributed by atoms with Crippen molar-refractivity contribution in [3.8, 4) is 5.75 Å². The monoisotopic (exact) mass is 405 g/mol. The van der Waals surface area contributed by atoms with Crippen molar-refractivity contribution in [2.24, 2.45) is 5.92 Å². The van der Waals surface area contributed by atoms with E-state index in [4.69, 9.17) is 32.7 Å². The van der Waals surface area contributed by atoms with Crippen LogP contribution in [-0.2, 0) is 19.1 Å². The van der Waals surface area contributed by atoms with Crippen molar-refractivity contribution in [2.45, 2.75) is 26.3 Å². The molecule has 26 heavy (non-hydrogen) atoms. The first-order chi connectivity index (χ1) is 12.2. The zero-order valence-corrected chi connectivity index (χ0v) is 16.4. The molecule has 1 aromatic carbocycles. The van der Waals surface area contributed by atoms with Crippen LogP contribution in [0.3, 0.4) is 0 Å². The average Bonchev–Trinajstić information content (AvgIpc) is 2.62. The summed E-state index contributed by atoms with van der Waals surface area (Å²) in [5.74, 6) is -1.88. The van der Waals surface area contributed by atoms with Gasteiger partial charge in [-0.25, -0.2) is 9.59 Å². The summed E-state index contributed by atoms with van der Waals surface area (Å²) in [5, 5.41) is 2.78. The van der Waals surface area contributed by atoms with E-state index in [1.54, 1.807) is 6.92 Å². The first kappa shape index (κ1) is 22.1. The molecule has 0 aliphatic rings. The smallest absolute Gasteiger partial charge is 0.338 e. The van der Waals surface area contributed by atoms with Gasteiger partial charge in [0.05, 0.1) is 29.8 Å². The molecule has 1 amide bonds. The third-order valence-electron chi connectivity index (χ3n) is 3.76. The molecule has 0 radical (unpaired) electrons. The Bertz CT molecular complexity index is 656. The van der Waals surface area contributed by atoms with Gasteiger partial charge in [0.2, 0.25) is 0 Å². The highest BCUT2D eigenvalue weighted by atomic mass is 35.5. The fourth-order valence-electron chi connectivity index (χ4n) is 2.10. The van der Waals surface area contributed by atoms with Crippen molar-refractivity contribution < 1.29 is 28.6 Å². The van der Waals surface area contributed by atoms with E-state index in [9.17, 15) is 14.4 Å². The van der Waals surface area contributed by atoms with Crippen molar-refractivity contribution in [2.75, 3.05) is 20.8 Å². The highest BCUT2D eigenvalue weighted by Crippen LogP contribution is 2.33. The molecule has 0 saturated heterocycles. The van der Waals surface area contributed by atoms with Crippen molar-refractivity contribution in [1.29, 1.82) is 0 Å². The standard InChI is InChI=1S/C17H21Cl2NO6/c1-5-9(2)14(17(23)25-4)20-13(21)8-26-16(22)10-6-11(18)15(24-3)12(19)7-10/h6-7,9,14H,5,8H2,1-4H3,(H,20,21)/t9-,14-/m1/s1. The van der Waals surface area contributed by atoms with Crippen molar-refractivity contribution in [3.05, 3.63) is 27.7 Å². The van der Waals surface area contributed by atoms with Gasteiger partial charge in [0.15, 0.2) is 12.4 Å². The van der Waals surface area contributed by atoms with Crippen LogP contribution in [0.25, 0.3) is 0 Å². The minimum absolute atomic E-state index is 0.0695. The zero-order chi connectivity index (χ0) is 19.9. The molecule has 144 valence electrons. The number of hydrogen-bond acceptors (Lipinski definition) is 6. The lowest BCUT2D eigenvalue weighted by Crippen LogP contribution is -2.47. The van der Waals surface area contributed by atoms with E-state index >= 15 is 0 Å². The molecule has 1 aromatic rings. The number of carbonyl (C=O) groups excluding carboxylic acids is 3. The van der Waals surface area contributed by atoms with Gasteiger partial charge >= 0.3 is 11.9 Å². The first-order valence-corrected chi connectivity index (χ1v) is 8.58. The van der Waals surface area contributed by atoms with Crippen LogP contribution in [0.5, 0.6) is 5.75 Å². The Kier molecular flexibility index (Phi) is 8.68. The number of methoxy groups -OCH3 is 2. The van der Waals surface area contributed by atoms with E-state index in [0.29, 0.717) is 6.42 Å². The van der Waals surface area contributed by atoms with Crippen LogP contribution < -0.4 is 10.1 Å². The molecular formula is C17H21Cl2NO6. The van der Waals surface area contributed by atoms with Crippen LogP contribution in [-0.4, -0.2) is 44.7 Å². The Labute approximate surface area is 161 Å². The molecule has 9 heteroatoms. The lowest BCUT2D eigenvalue weighted by atomic mass is 9.99. The van der Waals surface area contributed by atoms with Gasteiger partial charge in [-0.05, 0) is 18.1 Å². The molecule has 2 atom stereocenters. The van der Waals surface area contributed by atoms with E-state index in [0.717, 1.165) is 0 Å². The second kappa shape index (κ2) is 10.2. The third kappa shape index (κ3) is 5.78. The lowest BCUT2D eigenvalue weighted by molar-refractivity contribution is -0.147. The highest BCUT2D eigenvalue weighted by Gasteiger charge is 2.27. The molecule has 0 aliphatic heterocycles. The molecule has 0 bridgehead atoms. The Morgan fingerprint density at radius 2 is 1.73 bits per heavy atom. The van der Waals surface area contributed by atoms with Crippen LogP contribution >= 0.6 is 23.2 Å². The fraction of sp³-hybridized carbons (Fsp3) is 0.471. The molecule has 0 fully saturated rings. The molecule has 7 nitrogen and oxygen atoms in total. The van der Waals surface area contributed by atoms with Gasteiger partial charge in [-0.3, -0.25) is 4.79 Å². The Balaban J connectivity index is 2.72.